The van der Waals surface area contributed by atoms with Gasteiger partial charge in [0.05, 0.1) is 23.9 Å². The lowest BCUT2D eigenvalue weighted by atomic mass is 9.90. The van der Waals surface area contributed by atoms with Crippen molar-refractivity contribution >= 4 is 22.6 Å². The zero-order valence-electron chi connectivity index (χ0n) is 6.46. The molecule has 1 aliphatic carbocycles. The molecule has 0 aliphatic heterocycles. The van der Waals surface area contributed by atoms with Gasteiger partial charge in [-0.05, 0) is 12.8 Å². The van der Waals surface area contributed by atoms with Gasteiger partial charge in [-0.25, -0.2) is 0 Å². The van der Waals surface area contributed by atoms with Crippen molar-refractivity contribution in [3.8, 4) is 0 Å². The van der Waals surface area contributed by atoms with Gasteiger partial charge < -0.3 is 15.2 Å². The summed E-state index contributed by atoms with van der Waals surface area (Å²) in [6, 6.07) is 0.380. The Labute approximate surface area is 80.8 Å². The molecule has 0 amide bonds. The Morgan fingerprint density at radius 3 is 2.64 bits per heavy atom. The quantitative estimate of drug-likeness (QED) is 0.459. The molecule has 0 saturated heterocycles. The highest BCUT2D eigenvalue weighted by Gasteiger charge is 2.25. The summed E-state index contributed by atoms with van der Waals surface area (Å²) >= 11 is 2.17. The van der Waals surface area contributed by atoms with Crippen LogP contribution in [0.25, 0.3) is 0 Å². The lowest BCUT2D eigenvalue weighted by Gasteiger charge is -2.32. The molecule has 66 valence electrons. The summed E-state index contributed by atoms with van der Waals surface area (Å²) in [7, 11) is 0. The maximum atomic E-state index is 5.59. The second-order valence-corrected chi connectivity index (χ2v) is 3.36. The molecule has 0 radical (unpaired) electrons. The van der Waals surface area contributed by atoms with E-state index >= 15 is 0 Å². The van der Waals surface area contributed by atoms with Crippen LogP contribution in [0.5, 0.6) is 0 Å². The molecule has 0 atom stereocenters. The van der Waals surface area contributed by atoms with Crippen molar-refractivity contribution in [2.75, 3.05) is 17.8 Å². The van der Waals surface area contributed by atoms with Crippen molar-refractivity contribution in [3.63, 3.8) is 0 Å². The first-order valence-corrected chi connectivity index (χ1v) is 5.36. The molecule has 0 aromatic rings. The van der Waals surface area contributed by atoms with Crippen LogP contribution in [0.15, 0.2) is 0 Å². The van der Waals surface area contributed by atoms with E-state index in [1.54, 1.807) is 0 Å². The summed E-state index contributed by atoms with van der Waals surface area (Å²) < 4.78 is 11.3. The second-order valence-electron chi connectivity index (χ2n) is 2.74. The van der Waals surface area contributed by atoms with Crippen LogP contribution in [-0.2, 0) is 9.47 Å². The molecule has 0 unspecified atom stereocenters. The summed E-state index contributed by atoms with van der Waals surface area (Å²) in [5.41, 5.74) is 5.59. The van der Waals surface area contributed by atoms with Crippen LogP contribution in [-0.4, -0.2) is 30.0 Å². The van der Waals surface area contributed by atoms with E-state index in [0.29, 0.717) is 25.4 Å². The molecule has 0 spiro atoms. The van der Waals surface area contributed by atoms with Crippen molar-refractivity contribution in [2.24, 2.45) is 5.73 Å². The summed E-state index contributed by atoms with van der Waals surface area (Å²) in [6.45, 7) is 1.41. The van der Waals surface area contributed by atoms with E-state index < -0.39 is 0 Å². The molecule has 0 bridgehead atoms. The molecule has 2 N–H and O–H groups in total. The Balaban J connectivity index is 1.81. The van der Waals surface area contributed by atoms with E-state index in [2.05, 4.69) is 22.6 Å². The molecular formula is C7H14INO2. The second kappa shape index (κ2) is 5.29. The van der Waals surface area contributed by atoms with Gasteiger partial charge in [-0.1, -0.05) is 22.6 Å². The first-order valence-electron chi connectivity index (χ1n) is 3.84. The number of hydrogen-bond acceptors (Lipinski definition) is 3. The zero-order chi connectivity index (χ0) is 8.10. The van der Waals surface area contributed by atoms with Crippen LogP contribution in [0.2, 0.25) is 0 Å². The van der Waals surface area contributed by atoms with Crippen LogP contribution in [0, 0.1) is 0 Å². The summed E-state index contributed by atoms with van der Waals surface area (Å²) in [5, 5.41) is 0. The fraction of sp³-hybridized carbons (Fsp3) is 1.00. The molecule has 0 heterocycles. The van der Waals surface area contributed by atoms with Gasteiger partial charge in [0.25, 0.3) is 0 Å². The molecule has 0 aromatic carbocycles. The number of halogens is 1. The minimum atomic E-state index is 0.380. The molecule has 0 aromatic heterocycles. The Morgan fingerprint density at radius 2 is 2.09 bits per heavy atom. The first kappa shape index (κ1) is 9.70. The minimum absolute atomic E-state index is 0.380. The number of rotatable bonds is 5. The van der Waals surface area contributed by atoms with E-state index in [9.17, 15) is 0 Å². The van der Waals surface area contributed by atoms with Crippen molar-refractivity contribution in [1.29, 1.82) is 0 Å². The predicted molar refractivity (Wildman–Crippen MR) is 51.8 cm³/mol. The van der Waals surface area contributed by atoms with Gasteiger partial charge in [0.1, 0.15) is 0 Å². The highest BCUT2D eigenvalue weighted by atomic mass is 127. The average Bonchev–Trinajstić information content (AvgIpc) is 1.94. The van der Waals surface area contributed by atoms with Gasteiger partial charge in [-0.2, -0.15) is 0 Å². The van der Waals surface area contributed by atoms with E-state index in [1.165, 1.54) is 0 Å². The fourth-order valence-electron chi connectivity index (χ4n) is 1.07. The van der Waals surface area contributed by atoms with Crippen molar-refractivity contribution < 1.29 is 9.47 Å². The molecular weight excluding hydrogens is 257 g/mol. The van der Waals surface area contributed by atoms with E-state index in [1.807, 2.05) is 0 Å². The van der Waals surface area contributed by atoms with E-state index in [0.717, 1.165) is 17.5 Å². The van der Waals surface area contributed by atoms with Crippen molar-refractivity contribution in [2.45, 2.75) is 25.0 Å². The van der Waals surface area contributed by atoms with Gasteiger partial charge in [-0.3, -0.25) is 0 Å². The molecule has 3 nitrogen and oxygen atoms in total. The zero-order valence-corrected chi connectivity index (χ0v) is 8.62. The largest absolute Gasteiger partial charge is 0.376 e. The molecule has 1 fully saturated rings. The highest BCUT2D eigenvalue weighted by Crippen LogP contribution is 2.20. The van der Waals surface area contributed by atoms with Gasteiger partial charge in [-0.15, -0.1) is 0 Å². The van der Waals surface area contributed by atoms with Crippen LogP contribution < -0.4 is 5.73 Å². The predicted octanol–water partition coefficient (Wildman–Crippen LogP) is 0.902. The fourth-order valence-corrected chi connectivity index (χ4v) is 1.38. The third-order valence-corrected chi connectivity index (χ3v) is 2.23. The number of hydrogen-bond donors (Lipinski definition) is 1. The van der Waals surface area contributed by atoms with Crippen LogP contribution in [0.3, 0.4) is 0 Å². The number of ether oxygens (including phenoxy) is 2. The van der Waals surface area contributed by atoms with Gasteiger partial charge in [0.2, 0.25) is 0 Å². The Morgan fingerprint density at radius 1 is 1.36 bits per heavy atom. The van der Waals surface area contributed by atoms with Gasteiger partial charge in [0, 0.05) is 6.04 Å². The van der Waals surface area contributed by atoms with E-state index in [4.69, 9.17) is 15.2 Å². The maximum absolute atomic E-state index is 5.59. The average molecular weight is 271 g/mol. The summed E-state index contributed by atoms with van der Waals surface area (Å²) in [5.74, 6) is 0. The Bertz CT molecular complexity index is 107. The number of nitrogens with two attached hydrogens (primary N) is 1. The Kier molecular flexibility index (Phi) is 4.66. The topological polar surface area (TPSA) is 44.5 Å². The summed E-state index contributed by atoms with van der Waals surface area (Å²) in [6.07, 6.45) is 2.44. The van der Waals surface area contributed by atoms with Crippen LogP contribution in [0.1, 0.15) is 12.8 Å². The lowest BCUT2D eigenvalue weighted by molar-refractivity contribution is -0.0300. The lowest BCUT2D eigenvalue weighted by Crippen LogP contribution is -2.42. The molecule has 1 aliphatic rings. The molecule has 4 heteroatoms. The van der Waals surface area contributed by atoms with Crippen LogP contribution >= 0.6 is 22.6 Å². The third kappa shape index (κ3) is 3.68. The Hall–Kier alpha value is 0.610. The maximum Gasteiger partial charge on any atom is 0.0980 e. The van der Waals surface area contributed by atoms with Gasteiger partial charge >= 0.3 is 0 Å². The summed E-state index contributed by atoms with van der Waals surface area (Å²) in [4.78, 5) is 0. The highest BCUT2D eigenvalue weighted by molar-refractivity contribution is 14.1. The smallest absolute Gasteiger partial charge is 0.0980 e. The SMILES string of the molecule is N[C@H]1C[C@@H](OCCOCI)C1. The third-order valence-electron chi connectivity index (χ3n) is 1.79. The van der Waals surface area contributed by atoms with E-state index in [-0.39, 0.29) is 0 Å². The van der Waals surface area contributed by atoms with Crippen molar-refractivity contribution in [1.82, 2.24) is 0 Å². The molecule has 11 heavy (non-hydrogen) atoms. The number of alkyl halides is 1. The molecule has 1 rings (SSSR count). The minimum Gasteiger partial charge on any atom is -0.376 e. The monoisotopic (exact) mass is 271 g/mol. The first-order chi connectivity index (χ1) is 5.33. The normalized spacial score (nSPS) is 30.0. The van der Waals surface area contributed by atoms with Gasteiger partial charge in [0.15, 0.2) is 0 Å². The van der Waals surface area contributed by atoms with Crippen LogP contribution in [0.4, 0.5) is 0 Å². The van der Waals surface area contributed by atoms with Crippen molar-refractivity contribution in [3.05, 3.63) is 0 Å². The standard InChI is InChI=1S/C7H14INO2/c8-5-10-1-2-11-7-3-6(9)4-7/h6-7H,1-5,9H2/t6-,7+. The molecule has 1 saturated carbocycles.